The zero-order valence-corrected chi connectivity index (χ0v) is 14.4. The van der Waals surface area contributed by atoms with E-state index in [2.05, 4.69) is 0 Å². The molecule has 0 aliphatic heterocycles. The van der Waals surface area contributed by atoms with Gasteiger partial charge in [0.15, 0.2) is 16.4 Å². The van der Waals surface area contributed by atoms with E-state index in [1.807, 2.05) is 0 Å². The van der Waals surface area contributed by atoms with Crippen molar-refractivity contribution >= 4 is 30.4 Å². The molecule has 0 radical (unpaired) electrons. The van der Waals surface area contributed by atoms with Crippen LogP contribution in [0.2, 0.25) is 0 Å². The van der Waals surface area contributed by atoms with E-state index in [1.54, 1.807) is 0 Å². The molecule has 1 aromatic carbocycles. The summed E-state index contributed by atoms with van der Waals surface area (Å²) >= 11 is 0. The Morgan fingerprint density at radius 3 is 1.38 bits per heavy atom. The molecule has 5 N–H and O–H groups in total. The number of hydrogen-bond acceptors (Lipinski definition) is 8. The van der Waals surface area contributed by atoms with Crippen LogP contribution in [0.3, 0.4) is 0 Å². The van der Waals surface area contributed by atoms with Gasteiger partial charge < -0.3 is 11.6 Å². The zero-order chi connectivity index (χ0) is 16.1. The molecule has 1 rings (SSSR count). The van der Waals surface area contributed by atoms with Gasteiger partial charge in [-0.15, -0.1) is 0 Å². The van der Waals surface area contributed by atoms with Crippen LogP contribution in [0.4, 0.5) is 0 Å². The largest absolute Gasteiger partial charge is 1.00 e. The Bertz CT molecular complexity index is 886. The third kappa shape index (κ3) is 4.27. The van der Waals surface area contributed by atoms with Gasteiger partial charge in [0.1, 0.15) is 9.79 Å². The summed E-state index contributed by atoms with van der Waals surface area (Å²) in [6.45, 7) is 0. The minimum Gasteiger partial charge on any atom is -1.00 e. The SMILES string of the molecule is O=S(=O)(O)c1cc(S(=O)(=O)O)c(S(=O)(=O)O)c(O)c1O.[H-].[Na+]. The molecule has 0 bridgehead atoms. The first kappa shape index (κ1) is 20.6. The summed E-state index contributed by atoms with van der Waals surface area (Å²) in [4.78, 5) is -5.18. The van der Waals surface area contributed by atoms with E-state index in [0.717, 1.165) is 0 Å². The van der Waals surface area contributed by atoms with Crippen LogP contribution in [0.1, 0.15) is 1.43 Å². The fraction of sp³-hybridized carbons (Fsp3) is 0. The maximum absolute atomic E-state index is 11.0. The third-order valence-electron chi connectivity index (χ3n) is 1.97. The molecule has 116 valence electrons. The van der Waals surface area contributed by atoms with Crippen LogP contribution < -0.4 is 29.6 Å². The van der Waals surface area contributed by atoms with Gasteiger partial charge >= 0.3 is 29.6 Å². The summed E-state index contributed by atoms with van der Waals surface area (Å²) in [5.74, 6) is -3.61. The van der Waals surface area contributed by atoms with Crippen LogP contribution in [-0.2, 0) is 30.4 Å². The van der Waals surface area contributed by atoms with Gasteiger partial charge in [0.25, 0.3) is 30.4 Å². The number of aromatic hydroxyl groups is 2. The topological polar surface area (TPSA) is 204 Å². The summed E-state index contributed by atoms with van der Waals surface area (Å²) < 4.78 is 91.7. The predicted molar refractivity (Wildman–Crippen MR) is 60.3 cm³/mol. The number of benzene rings is 1. The molecular formula is C6H7NaO11S3. The standard InChI is InChI=1S/C6H6O11S3.Na.H/c7-4-2(18(9,10)11)1-3(19(12,13)14)6(5(4)8)20(15,16)17;;/h1,7-8H,(H,9,10,11)(H,12,13,14)(H,15,16,17);;/q;+1;-1. The van der Waals surface area contributed by atoms with E-state index in [4.69, 9.17) is 13.7 Å². The molecule has 0 aliphatic rings. The van der Waals surface area contributed by atoms with Crippen molar-refractivity contribution in [2.24, 2.45) is 0 Å². The molecule has 0 unspecified atom stereocenters. The molecule has 0 amide bonds. The van der Waals surface area contributed by atoms with Crippen molar-refractivity contribution in [1.82, 2.24) is 0 Å². The van der Waals surface area contributed by atoms with Crippen molar-refractivity contribution in [2.45, 2.75) is 14.7 Å². The van der Waals surface area contributed by atoms with Gasteiger partial charge in [-0.05, 0) is 6.07 Å². The molecule has 0 aliphatic carbocycles. The van der Waals surface area contributed by atoms with E-state index in [0.29, 0.717) is 0 Å². The predicted octanol–water partition coefficient (Wildman–Crippen LogP) is -4.05. The van der Waals surface area contributed by atoms with Gasteiger partial charge in [-0.2, -0.15) is 25.3 Å². The van der Waals surface area contributed by atoms with Crippen molar-refractivity contribution in [3.8, 4) is 11.5 Å². The normalized spacial score (nSPS) is 12.7. The second-order valence-corrected chi connectivity index (χ2v) is 7.46. The molecule has 0 saturated heterocycles. The summed E-state index contributed by atoms with van der Waals surface area (Å²) in [6, 6.07) is -0.150. The van der Waals surface area contributed by atoms with E-state index in [-0.39, 0.29) is 37.1 Å². The molecule has 1 aromatic rings. The smallest absolute Gasteiger partial charge is 1.00 e. The first-order valence-electron chi connectivity index (χ1n) is 4.18. The van der Waals surface area contributed by atoms with Crippen molar-refractivity contribution in [1.29, 1.82) is 0 Å². The molecule has 0 atom stereocenters. The zero-order valence-electron chi connectivity index (χ0n) is 11.0. The Balaban J connectivity index is 0. The maximum Gasteiger partial charge on any atom is 1.00 e. The Morgan fingerprint density at radius 2 is 1.10 bits per heavy atom. The van der Waals surface area contributed by atoms with Gasteiger partial charge in [0, 0.05) is 0 Å². The van der Waals surface area contributed by atoms with Crippen molar-refractivity contribution in [3.05, 3.63) is 6.07 Å². The maximum atomic E-state index is 11.0. The van der Waals surface area contributed by atoms with Crippen molar-refractivity contribution in [2.75, 3.05) is 0 Å². The molecule has 0 fully saturated rings. The van der Waals surface area contributed by atoms with Gasteiger partial charge in [0.2, 0.25) is 0 Å². The molecular weight excluding hydrogens is 367 g/mol. The Hall–Kier alpha value is -0.450. The van der Waals surface area contributed by atoms with E-state index >= 15 is 0 Å². The molecule has 0 spiro atoms. The third-order valence-corrected chi connectivity index (χ3v) is 4.78. The monoisotopic (exact) mass is 374 g/mol. The molecule has 0 heterocycles. The molecule has 0 aromatic heterocycles. The minimum absolute atomic E-state index is 0. The Kier molecular flexibility index (Phi) is 5.85. The van der Waals surface area contributed by atoms with Crippen molar-refractivity contribution in [3.63, 3.8) is 0 Å². The van der Waals surface area contributed by atoms with Crippen LogP contribution in [0.5, 0.6) is 11.5 Å². The van der Waals surface area contributed by atoms with Crippen LogP contribution >= 0.6 is 0 Å². The average molecular weight is 374 g/mol. The van der Waals surface area contributed by atoms with Gasteiger partial charge in [-0.25, -0.2) is 0 Å². The first-order valence-corrected chi connectivity index (χ1v) is 8.50. The second kappa shape index (κ2) is 5.98. The second-order valence-electron chi connectivity index (χ2n) is 3.32. The van der Waals surface area contributed by atoms with Gasteiger partial charge in [-0.3, -0.25) is 13.7 Å². The number of rotatable bonds is 3. The van der Waals surface area contributed by atoms with Crippen LogP contribution in [0.25, 0.3) is 0 Å². The van der Waals surface area contributed by atoms with Gasteiger partial charge in [-0.1, -0.05) is 0 Å². The number of phenolic OH excluding ortho intramolecular Hbond substituents is 2. The fourth-order valence-electron chi connectivity index (χ4n) is 1.23. The average Bonchev–Trinajstić information content (AvgIpc) is 2.15. The Morgan fingerprint density at radius 1 is 0.714 bits per heavy atom. The fourth-order valence-corrected chi connectivity index (χ4v) is 3.80. The summed E-state index contributed by atoms with van der Waals surface area (Å²) in [6.07, 6.45) is 0. The number of hydrogen-bond donors (Lipinski definition) is 5. The van der Waals surface area contributed by atoms with E-state index < -0.39 is 56.5 Å². The van der Waals surface area contributed by atoms with E-state index in [1.165, 1.54) is 0 Å². The number of phenols is 2. The quantitative estimate of drug-likeness (QED) is 0.196. The Labute approximate surface area is 142 Å². The van der Waals surface area contributed by atoms with Crippen LogP contribution in [-0.4, -0.2) is 49.1 Å². The van der Waals surface area contributed by atoms with Gasteiger partial charge in [0.05, 0.1) is 0 Å². The summed E-state index contributed by atoms with van der Waals surface area (Å²) in [7, 11) is -16.1. The molecule has 11 nitrogen and oxygen atoms in total. The molecule has 21 heavy (non-hydrogen) atoms. The molecule has 15 heteroatoms. The minimum atomic E-state index is -5.46. The van der Waals surface area contributed by atoms with Crippen LogP contribution in [0, 0.1) is 0 Å². The van der Waals surface area contributed by atoms with E-state index in [9.17, 15) is 35.5 Å². The first-order chi connectivity index (χ1) is 8.67. The van der Waals surface area contributed by atoms with Crippen molar-refractivity contribution < 1.29 is 80.1 Å². The summed E-state index contributed by atoms with van der Waals surface area (Å²) in [5.41, 5.74) is 0. The molecule has 0 saturated carbocycles. The van der Waals surface area contributed by atoms with Crippen LogP contribution in [0.15, 0.2) is 20.8 Å². The summed E-state index contributed by atoms with van der Waals surface area (Å²) in [5, 5.41) is 18.5.